The van der Waals surface area contributed by atoms with Gasteiger partial charge in [0.05, 0.1) is 0 Å². The third kappa shape index (κ3) is 2.20. The van der Waals surface area contributed by atoms with Crippen molar-refractivity contribution in [1.82, 2.24) is 10.2 Å². The molecule has 1 aliphatic carbocycles. The third-order valence-electron chi connectivity index (χ3n) is 3.73. The predicted molar refractivity (Wildman–Crippen MR) is 69.4 cm³/mol. The highest BCUT2D eigenvalue weighted by Gasteiger charge is 2.33. The Morgan fingerprint density at radius 3 is 2.95 bits per heavy atom. The highest BCUT2D eigenvalue weighted by atomic mass is 19.1. The zero-order valence-electron chi connectivity index (χ0n) is 10.7. The van der Waals surface area contributed by atoms with Gasteiger partial charge >= 0.3 is 0 Å². The van der Waals surface area contributed by atoms with Crippen LogP contribution < -0.4 is 5.32 Å². The van der Waals surface area contributed by atoms with Crippen molar-refractivity contribution in [1.29, 1.82) is 5.41 Å². The fraction of sp³-hybridized carbons (Fsp3) is 0.429. The molecule has 3 rings (SSSR count). The van der Waals surface area contributed by atoms with Gasteiger partial charge in [0.1, 0.15) is 17.7 Å². The van der Waals surface area contributed by atoms with E-state index in [1.54, 1.807) is 17.9 Å². The molecule has 2 N–H and O–H groups in total. The molecule has 0 bridgehead atoms. The summed E-state index contributed by atoms with van der Waals surface area (Å²) in [6.45, 7) is 2.28. The molecular weight excluding hydrogens is 245 g/mol. The van der Waals surface area contributed by atoms with Crippen molar-refractivity contribution in [2.45, 2.75) is 38.4 Å². The number of carbonyl (C=O) groups is 1. The molecule has 1 atom stereocenters. The van der Waals surface area contributed by atoms with Gasteiger partial charge in [0.15, 0.2) is 0 Å². The van der Waals surface area contributed by atoms with E-state index in [4.69, 9.17) is 5.41 Å². The smallest absolute Gasteiger partial charge is 0.242 e. The molecule has 0 saturated heterocycles. The molecule has 0 spiro atoms. The molecule has 1 aliphatic heterocycles. The van der Waals surface area contributed by atoms with Crippen LogP contribution in [0.3, 0.4) is 0 Å². The lowest BCUT2D eigenvalue weighted by Crippen LogP contribution is -2.45. The monoisotopic (exact) mass is 261 g/mol. The van der Waals surface area contributed by atoms with Gasteiger partial charge in [-0.2, -0.15) is 0 Å². The van der Waals surface area contributed by atoms with Gasteiger partial charge in [0.2, 0.25) is 5.91 Å². The molecule has 100 valence electrons. The molecule has 1 amide bonds. The summed E-state index contributed by atoms with van der Waals surface area (Å²) in [7, 11) is 0. The van der Waals surface area contributed by atoms with Gasteiger partial charge in [-0.1, -0.05) is 6.07 Å². The second kappa shape index (κ2) is 4.33. The maximum atomic E-state index is 13.2. The van der Waals surface area contributed by atoms with Gasteiger partial charge in [0, 0.05) is 18.2 Å². The summed E-state index contributed by atoms with van der Waals surface area (Å²) in [6, 6.07) is 4.36. The van der Waals surface area contributed by atoms with E-state index in [-0.39, 0.29) is 17.6 Å². The average molecular weight is 261 g/mol. The summed E-state index contributed by atoms with van der Waals surface area (Å²) in [5.41, 5.74) is 1.49. The van der Waals surface area contributed by atoms with E-state index in [1.165, 1.54) is 12.1 Å². The van der Waals surface area contributed by atoms with Crippen LogP contribution in [0.2, 0.25) is 0 Å². The maximum absolute atomic E-state index is 13.2. The molecular formula is C14H16FN3O. The van der Waals surface area contributed by atoms with Crippen LogP contribution in [0.4, 0.5) is 4.39 Å². The summed E-state index contributed by atoms with van der Waals surface area (Å²) in [5, 5.41) is 11.0. The molecule has 4 nitrogen and oxygen atoms in total. The largest absolute Gasteiger partial charge is 0.352 e. The number of benzene rings is 1. The molecule has 1 saturated carbocycles. The standard InChI is InChI=1S/C14H16FN3O/c1-8(14(19)17-11-4-5-11)18-7-9-2-3-10(15)6-12(9)13(18)16/h2-3,6,8,11,16H,4-5,7H2,1H3,(H,17,19). The van der Waals surface area contributed by atoms with Gasteiger partial charge in [-0.15, -0.1) is 0 Å². The van der Waals surface area contributed by atoms with Crippen molar-refractivity contribution < 1.29 is 9.18 Å². The number of carbonyl (C=O) groups excluding carboxylic acids is 1. The van der Waals surface area contributed by atoms with E-state index in [0.29, 0.717) is 18.2 Å². The van der Waals surface area contributed by atoms with Crippen LogP contribution >= 0.6 is 0 Å². The maximum Gasteiger partial charge on any atom is 0.242 e. The first-order valence-corrected chi connectivity index (χ1v) is 6.50. The van der Waals surface area contributed by atoms with Crippen molar-refractivity contribution in [2.24, 2.45) is 0 Å². The Hall–Kier alpha value is -1.91. The van der Waals surface area contributed by atoms with E-state index >= 15 is 0 Å². The molecule has 0 aromatic heterocycles. The second-order valence-corrected chi connectivity index (χ2v) is 5.24. The topological polar surface area (TPSA) is 56.2 Å². The molecule has 1 aromatic rings. The highest BCUT2D eigenvalue weighted by Crippen LogP contribution is 2.26. The summed E-state index contributed by atoms with van der Waals surface area (Å²) in [6.07, 6.45) is 2.09. The predicted octanol–water partition coefficient (Wildman–Crippen LogP) is 1.63. The lowest BCUT2D eigenvalue weighted by molar-refractivity contribution is -0.124. The van der Waals surface area contributed by atoms with Gasteiger partial charge in [-0.3, -0.25) is 10.2 Å². The first-order valence-electron chi connectivity index (χ1n) is 6.50. The van der Waals surface area contributed by atoms with E-state index in [0.717, 1.165) is 18.4 Å². The molecule has 19 heavy (non-hydrogen) atoms. The fourth-order valence-corrected chi connectivity index (χ4v) is 2.35. The summed E-state index contributed by atoms with van der Waals surface area (Å²) < 4.78 is 13.2. The van der Waals surface area contributed by atoms with Gasteiger partial charge in [-0.05, 0) is 37.5 Å². The van der Waals surface area contributed by atoms with Crippen molar-refractivity contribution >= 4 is 11.7 Å². The number of nitrogens with zero attached hydrogens (tertiary/aromatic N) is 1. The highest BCUT2D eigenvalue weighted by molar-refractivity contribution is 6.02. The minimum atomic E-state index is -0.399. The van der Waals surface area contributed by atoms with Crippen molar-refractivity contribution in [2.75, 3.05) is 0 Å². The molecule has 1 unspecified atom stereocenters. The van der Waals surface area contributed by atoms with Crippen LogP contribution in [-0.4, -0.2) is 28.7 Å². The Labute approximate surface area is 111 Å². The van der Waals surface area contributed by atoms with Crippen LogP contribution in [0.25, 0.3) is 0 Å². The molecule has 0 radical (unpaired) electrons. The quantitative estimate of drug-likeness (QED) is 0.869. The minimum absolute atomic E-state index is 0.0551. The molecule has 1 aromatic carbocycles. The number of halogens is 1. The zero-order chi connectivity index (χ0) is 13.6. The zero-order valence-corrected chi connectivity index (χ0v) is 10.7. The van der Waals surface area contributed by atoms with E-state index in [1.807, 2.05) is 0 Å². The van der Waals surface area contributed by atoms with E-state index < -0.39 is 6.04 Å². The van der Waals surface area contributed by atoms with Crippen LogP contribution in [0.1, 0.15) is 30.9 Å². The first kappa shape index (κ1) is 12.1. The van der Waals surface area contributed by atoms with Crippen LogP contribution in [0.15, 0.2) is 18.2 Å². The summed E-state index contributed by atoms with van der Waals surface area (Å²) >= 11 is 0. The molecule has 5 heteroatoms. The fourth-order valence-electron chi connectivity index (χ4n) is 2.35. The lowest BCUT2D eigenvalue weighted by Gasteiger charge is -2.25. The lowest BCUT2D eigenvalue weighted by atomic mass is 10.1. The van der Waals surface area contributed by atoms with Crippen LogP contribution in [-0.2, 0) is 11.3 Å². The van der Waals surface area contributed by atoms with Crippen molar-refractivity contribution in [3.8, 4) is 0 Å². The first-order chi connectivity index (χ1) is 9.06. The summed E-state index contributed by atoms with van der Waals surface area (Å²) in [4.78, 5) is 13.7. The number of hydrogen-bond donors (Lipinski definition) is 2. The average Bonchev–Trinajstić information content (AvgIpc) is 3.14. The summed E-state index contributed by atoms with van der Waals surface area (Å²) in [5.74, 6) is -0.172. The van der Waals surface area contributed by atoms with Crippen LogP contribution in [0, 0.1) is 11.2 Å². The SMILES string of the molecule is CC(C(=O)NC1CC1)N1Cc2ccc(F)cc2C1=N. The molecule has 1 fully saturated rings. The van der Waals surface area contributed by atoms with Gasteiger partial charge in [0.25, 0.3) is 0 Å². The van der Waals surface area contributed by atoms with E-state index in [9.17, 15) is 9.18 Å². The molecule has 1 heterocycles. The Kier molecular flexibility index (Phi) is 2.77. The number of rotatable bonds is 3. The number of amidine groups is 1. The van der Waals surface area contributed by atoms with Gasteiger partial charge < -0.3 is 10.2 Å². The van der Waals surface area contributed by atoms with Crippen molar-refractivity contribution in [3.05, 3.63) is 35.1 Å². The second-order valence-electron chi connectivity index (χ2n) is 5.24. The normalized spacial score (nSPS) is 19.3. The van der Waals surface area contributed by atoms with Gasteiger partial charge in [-0.25, -0.2) is 4.39 Å². The van der Waals surface area contributed by atoms with Crippen molar-refractivity contribution in [3.63, 3.8) is 0 Å². The number of hydrogen-bond acceptors (Lipinski definition) is 2. The number of fused-ring (bicyclic) bond motifs is 1. The Bertz CT molecular complexity index is 554. The van der Waals surface area contributed by atoms with Crippen LogP contribution in [0.5, 0.6) is 0 Å². The van der Waals surface area contributed by atoms with E-state index in [2.05, 4.69) is 5.32 Å². The third-order valence-corrected chi connectivity index (χ3v) is 3.73. The Morgan fingerprint density at radius 2 is 2.26 bits per heavy atom. The Balaban J connectivity index is 1.76. The minimum Gasteiger partial charge on any atom is -0.352 e. The number of amides is 1. The number of nitrogens with one attached hydrogen (secondary N) is 2. The Morgan fingerprint density at radius 1 is 1.53 bits per heavy atom. The molecule has 2 aliphatic rings.